The fourth-order valence-corrected chi connectivity index (χ4v) is 3.60. The molecule has 0 atom stereocenters. The van der Waals surface area contributed by atoms with Crippen molar-refractivity contribution < 1.29 is 0 Å². The van der Waals surface area contributed by atoms with Crippen molar-refractivity contribution in [2.45, 2.75) is 6.92 Å². The highest BCUT2D eigenvalue weighted by Gasteiger charge is 2.16. The zero-order chi connectivity index (χ0) is 20.1. The highest BCUT2D eigenvalue weighted by atomic mass is 15.1. The number of benzene rings is 1. The maximum absolute atomic E-state index is 4.69. The molecule has 0 saturated heterocycles. The summed E-state index contributed by atoms with van der Waals surface area (Å²) in [4.78, 5) is 25.0. The summed E-state index contributed by atoms with van der Waals surface area (Å²) in [6.07, 6.45) is 10.6. The molecule has 0 saturated carbocycles. The van der Waals surface area contributed by atoms with E-state index in [-0.39, 0.29) is 0 Å². The van der Waals surface area contributed by atoms with Crippen LogP contribution in [-0.2, 0) is 0 Å². The van der Waals surface area contributed by atoms with Crippen LogP contribution in [0.3, 0.4) is 0 Å². The molecule has 0 aliphatic rings. The number of fused-ring (bicyclic) bond motifs is 2. The van der Waals surface area contributed by atoms with Crippen molar-refractivity contribution in [3.05, 3.63) is 67.4 Å². The van der Waals surface area contributed by atoms with E-state index in [0.29, 0.717) is 11.5 Å². The van der Waals surface area contributed by atoms with Gasteiger partial charge in [-0.15, -0.1) is 0 Å². The van der Waals surface area contributed by atoms with Crippen molar-refractivity contribution in [3.63, 3.8) is 0 Å². The van der Waals surface area contributed by atoms with Gasteiger partial charge in [0.25, 0.3) is 0 Å². The normalized spacial score (nSPS) is 11.5. The molecule has 144 valence electrons. The Bertz CT molecular complexity index is 1510. The second kappa shape index (κ2) is 6.31. The fraction of sp³-hybridized carbons (Fsp3) is 0.0476. The van der Waals surface area contributed by atoms with Crippen molar-refractivity contribution in [2.75, 3.05) is 0 Å². The van der Waals surface area contributed by atoms with E-state index in [0.717, 1.165) is 44.6 Å². The van der Waals surface area contributed by atoms with Gasteiger partial charge >= 0.3 is 0 Å². The van der Waals surface area contributed by atoms with Crippen LogP contribution in [0, 0.1) is 6.92 Å². The number of pyridine rings is 1. The molecule has 0 bridgehead atoms. The lowest BCUT2D eigenvalue weighted by atomic mass is 10.1. The third kappa shape index (κ3) is 2.56. The van der Waals surface area contributed by atoms with Crippen LogP contribution in [-0.4, -0.2) is 44.7 Å². The number of imidazole rings is 2. The lowest BCUT2D eigenvalue weighted by Gasteiger charge is -2.02. The molecule has 0 fully saturated rings. The third-order valence-electron chi connectivity index (χ3n) is 5.04. The van der Waals surface area contributed by atoms with Gasteiger partial charge in [-0.3, -0.25) is 5.10 Å². The number of nitrogens with one attached hydrogen (secondary N) is 2. The van der Waals surface area contributed by atoms with Crippen molar-refractivity contribution in [2.24, 2.45) is 0 Å². The molecule has 2 N–H and O–H groups in total. The molecule has 6 aromatic rings. The summed E-state index contributed by atoms with van der Waals surface area (Å²) in [6.45, 7) is 1.96. The van der Waals surface area contributed by atoms with Crippen molar-refractivity contribution in [1.29, 1.82) is 0 Å². The molecular formula is C21H15N9. The monoisotopic (exact) mass is 393 g/mol. The first kappa shape index (κ1) is 16.5. The Hall–Kier alpha value is -4.40. The van der Waals surface area contributed by atoms with E-state index in [4.69, 9.17) is 4.98 Å². The lowest BCUT2D eigenvalue weighted by molar-refractivity contribution is 1.06. The Kier molecular flexibility index (Phi) is 3.48. The second-order valence-corrected chi connectivity index (χ2v) is 7.00. The van der Waals surface area contributed by atoms with E-state index >= 15 is 0 Å². The van der Waals surface area contributed by atoms with Crippen molar-refractivity contribution >= 4 is 22.1 Å². The first-order chi connectivity index (χ1) is 14.8. The van der Waals surface area contributed by atoms with Crippen molar-refractivity contribution in [1.82, 2.24) is 44.7 Å². The van der Waals surface area contributed by atoms with Gasteiger partial charge in [0, 0.05) is 35.7 Å². The number of aryl methyl sites for hydroxylation is 1. The number of aromatic amines is 2. The maximum Gasteiger partial charge on any atom is 0.180 e. The Morgan fingerprint density at radius 1 is 1.00 bits per heavy atom. The highest BCUT2D eigenvalue weighted by molar-refractivity contribution is 5.96. The average molecular weight is 393 g/mol. The molecule has 5 aromatic heterocycles. The van der Waals surface area contributed by atoms with E-state index in [1.165, 1.54) is 6.33 Å². The number of hydrogen-bond acceptors (Lipinski definition) is 6. The molecule has 9 heteroatoms. The number of aromatic nitrogens is 9. The first-order valence-corrected chi connectivity index (χ1v) is 9.36. The molecule has 6 rings (SSSR count). The van der Waals surface area contributed by atoms with Gasteiger partial charge < -0.3 is 9.55 Å². The van der Waals surface area contributed by atoms with E-state index in [2.05, 4.69) is 41.2 Å². The number of nitrogens with zero attached hydrogens (tertiary/aromatic N) is 7. The van der Waals surface area contributed by atoms with Crippen LogP contribution < -0.4 is 0 Å². The van der Waals surface area contributed by atoms with Crippen LogP contribution in [0.4, 0.5) is 0 Å². The van der Waals surface area contributed by atoms with Crippen molar-refractivity contribution in [3.8, 4) is 28.3 Å². The van der Waals surface area contributed by atoms with E-state index in [1.807, 2.05) is 35.9 Å². The average Bonchev–Trinajstić information content (AvgIpc) is 3.51. The summed E-state index contributed by atoms with van der Waals surface area (Å²) >= 11 is 0. The Balaban J connectivity index is 1.52. The molecule has 0 unspecified atom stereocenters. The maximum atomic E-state index is 4.69. The zero-order valence-electron chi connectivity index (χ0n) is 15.9. The van der Waals surface area contributed by atoms with Crippen LogP contribution in [0.5, 0.6) is 0 Å². The van der Waals surface area contributed by atoms with Gasteiger partial charge in [0.15, 0.2) is 11.5 Å². The summed E-state index contributed by atoms with van der Waals surface area (Å²) in [6, 6.07) is 8.01. The molecule has 0 radical (unpaired) electrons. The summed E-state index contributed by atoms with van der Waals surface area (Å²) in [5.74, 6) is 0.648. The van der Waals surface area contributed by atoms with E-state index < -0.39 is 0 Å². The van der Waals surface area contributed by atoms with E-state index in [9.17, 15) is 0 Å². The van der Waals surface area contributed by atoms with Gasteiger partial charge in [0.1, 0.15) is 17.5 Å². The molecule has 0 aliphatic carbocycles. The molecule has 0 spiro atoms. The minimum atomic E-state index is 0.623. The summed E-state index contributed by atoms with van der Waals surface area (Å²) in [7, 11) is 0. The molecule has 0 aliphatic heterocycles. The first-order valence-electron chi connectivity index (χ1n) is 9.36. The van der Waals surface area contributed by atoms with Crippen LogP contribution in [0.25, 0.3) is 50.4 Å². The minimum Gasteiger partial charge on any atom is -0.333 e. The van der Waals surface area contributed by atoms with Gasteiger partial charge in [-0.2, -0.15) is 5.10 Å². The number of rotatable bonds is 3. The van der Waals surface area contributed by atoms with Gasteiger partial charge in [0.05, 0.1) is 23.2 Å². The predicted molar refractivity (Wildman–Crippen MR) is 112 cm³/mol. The Morgan fingerprint density at radius 2 is 1.90 bits per heavy atom. The molecule has 1 aromatic carbocycles. The zero-order valence-corrected chi connectivity index (χ0v) is 15.9. The number of hydrogen-bond donors (Lipinski definition) is 2. The summed E-state index contributed by atoms with van der Waals surface area (Å²) in [5.41, 5.74) is 6.92. The molecule has 5 heterocycles. The smallest absolute Gasteiger partial charge is 0.180 e. The molecule has 30 heavy (non-hydrogen) atoms. The molecule has 9 nitrogen and oxygen atoms in total. The predicted octanol–water partition coefficient (Wildman–Crippen LogP) is 3.45. The third-order valence-corrected chi connectivity index (χ3v) is 5.04. The van der Waals surface area contributed by atoms with Crippen LogP contribution in [0.2, 0.25) is 0 Å². The number of H-pyrrole nitrogens is 2. The fourth-order valence-electron chi connectivity index (χ4n) is 3.60. The quantitative estimate of drug-likeness (QED) is 0.476. The van der Waals surface area contributed by atoms with Crippen LogP contribution in [0.15, 0.2) is 61.7 Å². The van der Waals surface area contributed by atoms with E-state index in [1.54, 1.807) is 24.9 Å². The van der Waals surface area contributed by atoms with Crippen LogP contribution >= 0.6 is 0 Å². The summed E-state index contributed by atoms with van der Waals surface area (Å²) < 4.78 is 1.96. The Labute approximate surface area is 169 Å². The summed E-state index contributed by atoms with van der Waals surface area (Å²) in [5, 5.41) is 8.54. The van der Waals surface area contributed by atoms with Gasteiger partial charge in [-0.1, -0.05) is 6.07 Å². The minimum absolute atomic E-state index is 0.623. The van der Waals surface area contributed by atoms with Gasteiger partial charge in [-0.05, 0) is 30.7 Å². The van der Waals surface area contributed by atoms with Gasteiger partial charge in [0.2, 0.25) is 0 Å². The van der Waals surface area contributed by atoms with Crippen LogP contribution in [0.1, 0.15) is 5.69 Å². The highest BCUT2D eigenvalue weighted by Crippen LogP contribution is 2.30. The molecule has 0 amide bonds. The largest absolute Gasteiger partial charge is 0.333 e. The Morgan fingerprint density at radius 3 is 2.73 bits per heavy atom. The topological polar surface area (TPSA) is 114 Å². The molecular weight excluding hydrogens is 378 g/mol. The lowest BCUT2D eigenvalue weighted by Crippen LogP contribution is -1.92. The standard InChI is InChI=1S/C21H15N9/c1-12-9-30(11-25-12)17-4-5-24-20-19(17)26-21(27-20)18-15-6-13(2-3-16(15)28-29-18)14-7-22-10-23-8-14/h2-11H,1H3,(H,28,29)(H,24,26,27). The van der Waals surface area contributed by atoms with Gasteiger partial charge in [-0.25, -0.2) is 24.9 Å². The SMILES string of the molecule is Cc1cn(-c2ccnc3nc(-c4n[nH]c5ccc(-c6cncnc6)cc45)[nH]c23)cn1. The second-order valence-electron chi connectivity index (χ2n) is 7.00.